The van der Waals surface area contributed by atoms with Gasteiger partial charge in [-0.15, -0.1) is 0 Å². The van der Waals surface area contributed by atoms with Gasteiger partial charge in [0.2, 0.25) is 0 Å². The lowest BCUT2D eigenvalue weighted by molar-refractivity contribution is 0.198. The number of hydrogen-bond donors (Lipinski definition) is 1. The van der Waals surface area contributed by atoms with E-state index < -0.39 is 6.10 Å². The second-order valence-corrected chi connectivity index (χ2v) is 3.43. The van der Waals surface area contributed by atoms with Crippen LogP contribution in [0.15, 0.2) is 12.1 Å². The Morgan fingerprint density at radius 1 is 1.46 bits per heavy atom. The van der Waals surface area contributed by atoms with Gasteiger partial charge in [-0.3, -0.25) is 0 Å². The lowest BCUT2D eigenvalue weighted by Crippen LogP contribution is -1.97. The average molecular weight is 201 g/mol. The molecule has 1 aromatic carbocycles. The molecule has 0 amide bonds. The molecule has 0 saturated heterocycles. The molecule has 1 aromatic rings. The monoisotopic (exact) mass is 200 g/mol. The van der Waals surface area contributed by atoms with E-state index in [-0.39, 0.29) is 0 Å². The van der Waals surface area contributed by atoms with Gasteiger partial charge >= 0.3 is 0 Å². The Labute approximate surface area is 83.1 Å². The molecule has 1 unspecified atom stereocenters. The molecular weight excluding hydrogens is 188 g/mol. The van der Waals surface area contributed by atoms with Gasteiger partial charge in [0.15, 0.2) is 0 Å². The van der Waals surface area contributed by atoms with E-state index in [1.165, 1.54) is 0 Å². The molecule has 1 N–H and O–H groups in total. The van der Waals surface area contributed by atoms with Crippen LogP contribution in [0.1, 0.15) is 24.2 Å². The smallest absolute Gasteiger partial charge is 0.123 e. The lowest BCUT2D eigenvalue weighted by atomic mass is 10.0. The zero-order valence-corrected chi connectivity index (χ0v) is 8.72. The molecule has 0 heterocycles. The average Bonchev–Trinajstić information content (AvgIpc) is 2.08. The molecule has 0 aliphatic rings. The van der Waals surface area contributed by atoms with E-state index in [1.807, 2.05) is 6.92 Å². The number of rotatable bonds is 2. The molecule has 0 aliphatic heterocycles. The normalized spacial score (nSPS) is 12.7. The van der Waals surface area contributed by atoms with Crippen LogP contribution in [0.25, 0.3) is 0 Å². The standard InChI is InChI=1S/C10H13ClO2/c1-6-9(7(2)12)4-8(11)5-10(6)13-3/h4-5,7,12H,1-3H3. The summed E-state index contributed by atoms with van der Waals surface area (Å²) in [5, 5.41) is 10.0. The molecule has 1 atom stereocenters. The van der Waals surface area contributed by atoms with E-state index >= 15 is 0 Å². The first-order valence-corrected chi connectivity index (χ1v) is 4.46. The van der Waals surface area contributed by atoms with Crippen molar-refractivity contribution < 1.29 is 9.84 Å². The molecule has 0 radical (unpaired) electrons. The number of aliphatic hydroxyl groups excluding tert-OH is 1. The van der Waals surface area contributed by atoms with Crippen LogP contribution in [0, 0.1) is 6.92 Å². The van der Waals surface area contributed by atoms with Crippen molar-refractivity contribution in [1.29, 1.82) is 0 Å². The van der Waals surface area contributed by atoms with Gasteiger partial charge in [0.05, 0.1) is 13.2 Å². The zero-order valence-electron chi connectivity index (χ0n) is 7.97. The third-order valence-electron chi connectivity index (χ3n) is 2.03. The van der Waals surface area contributed by atoms with Gasteiger partial charge in [-0.25, -0.2) is 0 Å². The van der Waals surface area contributed by atoms with E-state index in [9.17, 15) is 5.11 Å². The van der Waals surface area contributed by atoms with Gasteiger partial charge in [-0.05, 0) is 37.1 Å². The van der Waals surface area contributed by atoms with Gasteiger partial charge < -0.3 is 9.84 Å². The molecular formula is C10H13ClO2. The van der Waals surface area contributed by atoms with Crippen molar-refractivity contribution in [1.82, 2.24) is 0 Å². The minimum Gasteiger partial charge on any atom is -0.496 e. The molecule has 0 aromatic heterocycles. The number of halogens is 1. The van der Waals surface area contributed by atoms with Crippen molar-refractivity contribution in [2.75, 3.05) is 7.11 Å². The molecule has 0 saturated carbocycles. The van der Waals surface area contributed by atoms with Crippen LogP contribution in [0.5, 0.6) is 5.75 Å². The number of methoxy groups -OCH3 is 1. The molecule has 2 nitrogen and oxygen atoms in total. The molecule has 0 bridgehead atoms. The maximum absolute atomic E-state index is 9.43. The number of aliphatic hydroxyl groups is 1. The van der Waals surface area contributed by atoms with Crippen molar-refractivity contribution in [2.24, 2.45) is 0 Å². The second-order valence-electron chi connectivity index (χ2n) is 3.00. The number of benzene rings is 1. The minimum atomic E-state index is -0.521. The summed E-state index contributed by atoms with van der Waals surface area (Å²) in [7, 11) is 1.59. The van der Waals surface area contributed by atoms with Crippen LogP contribution in [0.4, 0.5) is 0 Å². The predicted molar refractivity (Wildman–Crippen MR) is 53.4 cm³/mol. The quantitative estimate of drug-likeness (QED) is 0.796. The van der Waals surface area contributed by atoms with Crippen LogP contribution in [-0.4, -0.2) is 12.2 Å². The zero-order chi connectivity index (χ0) is 10.0. The molecule has 0 spiro atoms. The van der Waals surface area contributed by atoms with Crippen LogP contribution in [0.3, 0.4) is 0 Å². The first-order chi connectivity index (χ1) is 6.06. The molecule has 0 aliphatic carbocycles. The summed E-state index contributed by atoms with van der Waals surface area (Å²) >= 11 is 5.85. The Bertz CT molecular complexity index is 308. The van der Waals surface area contributed by atoms with Gasteiger partial charge in [0.25, 0.3) is 0 Å². The topological polar surface area (TPSA) is 29.5 Å². The molecule has 0 fully saturated rings. The van der Waals surface area contributed by atoms with E-state index in [1.54, 1.807) is 26.2 Å². The lowest BCUT2D eigenvalue weighted by Gasteiger charge is -2.13. The third-order valence-corrected chi connectivity index (χ3v) is 2.25. The summed E-state index contributed by atoms with van der Waals surface area (Å²) in [6.45, 7) is 3.61. The highest BCUT2D eigenvalue weighted by molar-refractivity contribution is 6.30. The Balaban J connectivity index is 3.27. The highest BCUT2D eigenvalue weighted by atomic mass is 35.5. The number of ether oxygens (including phenoxy) is 1. The minimum absolute atomic E-state index is 0.521. The fourth-order valence-electron chi connectivity index (χ4n) is 1.32. The van der Waals surface area contributed by atoms with Crippen LogP contribution in [0.2, 0.25) is 5.02 Å². The maximum atomic E-state index is 9.43. The van der Waals surface area contributed by atoms with Crippen LogP contribution >= 0.6 is 11.6 Å². The number of hydrogen-bond acceptors (Lipinski definition) is 2. The maximum Gasteiger partial charge on any atom is 0.123 e. The second kappa shape index (κ2) is 3.99. The summed E-state index contributed by atoms with van der Waals surface area (Å²) in [6, 6.07) is 3.49. The largest absolute Gasteiger partial charge is 0.496 e. The SMILES string of the molecule is COc1cc(Cl)cc(C(C)O)c1C. The summed E-state index contributed by atoms with van der Waals surface area (Å²) in [6.07, 6.45) is -0.521. The van der Waals surface area contributed by atoms with Crippen molar-refractivity contribution in [2.45, 2.75) is 20.0 Å². The summed E-state index contributed by atoms with van der Waals surface area (Å²) < 4.78 is 5.12. The van der Waals surface area contributed by atoms with Crippen molar-refractivity contribution in [3.63, 3.8) is 0 Å². The summed E-state index contributed by atoms with van der Waals surface area (Å²) in [5.41, 5.74) is 1.74. The predicted octanol–water partition coefficient (Wildman–Crippen LogP) is 2.71. The fraction of sp³-hybridized carbons (Fsp3) is 0.400. The Morgan fingerprint density at radius 2 is 2.08 bits per heavy atom. The van der Waals surface area contributed by atoms with Gasteiger partial charge in [-0.1, -0.05) is 11.6 Å². The van der Waals surface area contributed by atoms with Crippen molar-refractivity contribution in [3.05, 3.63) is 28.3 Å². The molecule has 1 rings (SSSR count). The molecule has 72 valence electrons. The summed E-state index contributed by atoms with van der Waals surface area (Å²) in [5.74, 6) is 0.711. The van der Waals surface area contributed by atoms with E-state index in [2.05, 4.69) is 0 Å². The van der Waals surface area contributed by atoms with Crippen molar-refractivity contribution >= 4 is 11.6 Å². The van der Waals surface area contributed by atoms with E-state index in [4.69, 9.17) is 16.3 Å². The highest BCUT2D eigenvalue weighted by Gasteiger charge is 2.10. The highest BCUT2D eigenvalue weighted by Crippen LogP contribution is 2.29. The van der Waals surface area contributed by atoms with Gasteiger partial charge in [0.1, 0.15) is 5.75 Å². The first-order valence-electron chi connectivity index (χ1n) is 4.08. The van der Waals surface area contributed by atoms with E-state index in [0.29, 0.717) is 10.8 Å². The van der Waals surface area contributed by atoms with Gasteiger partial charge in [0, 0.05) is 5.02 Å². The molecule has 3 heteroatoms. The van der Waals surface area contributed by atoms with Crippen LogP contribution < -0.4 is 4.74 Å². The van der Waals surface area contributed by atoms with E-state index in [0.717, 1.165) is 11.1 Å². The Hall–Kier alpha value is -0.730. The Kier molecular flexibility index (Phi) is 3.17. The van der Waals surface area contributed by atoms with Crippen LogP contribution in [-0.2, 0) is 0 Å². The third kappa shape index (κ3) is 2.14. The Morgan fingerprint density at radius 3 is 2.54 bits per heavy atom. The summed E-state index contributed by atoms with van der Waals surface area (Å²) in [4.78, 5) is 0. The fourth-order valence-corrected chi connectivity index (χ4v) is 1.54. The van der Waals surface area contributed by atoms with Crippen molar-refractivity contribution in [3.8, 4) is 5.75 Å². The first kappa shape index (κ1) is 10.4. The van der Waals surface area contributed by atoms with Gasteiger partial charge in [-0.2, -0.15) is 0 Å². The molecule has 13 heavy (non-hydrogen) atoms.